The van der Waals surface area contributed by atoms with Gasteiger partial charge in [0, 0.05) is 31.2 Å². The number of carbonyl (C=O) groups excluding carboxylic acids is 1. The van der Waals surface area contributed by atoms with Crippen molar-refractivity contribution in [3.8, 4) is 0 Å². The monoisotopic (exact) mass is 366 g/mol. The summed E-state index contributed by atoms with van der Waals surface area (Å²) >= 11 is 1.38. The van der Waals surface area contributed by atoms with E-state index in [1.165, 1.54) is 29.4 Å². The van der Waals surface area contributed by atoms with Crippen LogP contribution in [0.2, 0.25) is 0 Å². The highest BCUT2D eigenvalue weighted by molar-refractivity contribution is 7.89. The minimum atomic E-state index is -3.73. The van der Waals surface area contributed by atoms with Gasteiger partial charge in [0.2, 0.25) is 15.9 Å². The molecule has 0 fully saturated rings. The van der Waals surface area contributed by atoms with E-state index in [9.17, 15) is 18.3 Å². The van der Waals surface area contributed by atoms with Crippen LogP contribution >= 0.6 is 11.3 Å². The molecule has 1 aliphatic rings. The second kappa shape index (κ2) is 6.29. The van der Waals surface area contributed by atoms with Gasteiger partial charge in [-0.3, -0.25) is 4.79 Å². The lowest BCUT2D eigenvalue weighted by molar-refractivity contribution is -0.117. The number of likely N-dealkylation sites (N-methyl/N-ethyl adjacent to an activating group) is 2. The molecule has 0 spiro atoms. The van der Waals surface area contributed by atoms with Gasteiger partial charge >= 0.3 is 0 Å². The highest BCUT2D eigenvalue weighted by atomic mass is 32.2. The van der Waals surface area contributed by atoms with E-state index in [0.29, 0.717) is 5.56 Å². The largest absolute Gasteiger partial charge is 0.386 e. The van der Waals surface area contributed by atoms with Crippen molar-refractivity contribution in [1.29, 1.82) is 0 Å². The Morgan fingerprint density at radius 3 is 2.79 bits per heavy atom. The van der Waals surface area contributed by atoms with Crippen molar-refractivity contribution in [2.24, 2.45) is 0 Å². The maximum absolute atomic E-state index is 12.7. The van der Waals surface area contributed by atoms with Crippen LogP contribution in [0.25, 0.3) is 0 Å². The van der Waals surface area contributed by atoms with Crippen molar-refractivity contribution >= 4 is 33.0 Å². The van der Waals surface area contributed by atoms with Gasteiger partial charge in [0.25, 0.3) is 0 Å². The number of anilines is 1. The number of benzene rings is 1. The topological polar surface area (TPSA) is 77.9 Å². The molecule has 0 saturated heterocycles. The zero-order valence-corrected chi connectivity index (χ0v) is 15.0. The fourth-order valence-corrected chi connectivity index (χ4v) is 4.63. The van der Waals surface area contributed by atoms with E-state index in [1.54, 1.807) is 25.2 Å². The first kappa shape index (κ1) is 17.1. The van der Waals surface area contributed by atoms with Gasteiger partial charge in [0.05, 0.1) is 11.3 Å². The second-order valence-corrected chi connectivity index (χ2v) is 8.76. The molecule has 0 saturated carbocycles. The summed E-state index contributed by atoms with van der Waals surface area (Å²) < 4.78 is 26.6. The van der Waals surface area contributed by atoms with Crippen LogP contribution in [-0.2, 0) is 21.2 Å². The van der Waals surface area contributed by atoms with Crippen LogP contribution in [0, 0.1) is 0 Å². The third-order valence-corrected chi connectivity index (χ3v) is 6.93. The van der Waals surface area contributed by atoms with Crippen molar-refractivity contribution in [3.05, 3.63) is 46.2 Å². The van der Waals surface area contributed by atoms with Crippen molar-refractivity contribution < 1.29 is 18.3 Å². The molecular weight excluding hydrogens is 348 g/mol. The standard InChI is InChI=1S/C16H18N2O4S2/c1-17(10-14(19)15-4-3-7-23-15)24(21,22)12-5-6-13-11(8-12)9-16(20)18(13)2/h3-8,14,19H,9-10H2,1-2H3. The van der Waals surface area contributed by atoms with E-state index >= 15 is 0 Å². The van der Waals surface area contributed by atoms with Gasteiger partial charge in [0.15, 0.2) is 0 Å². The number of nitrogens with zero attached hydrogens (tertiary/aromatic N) is 2. The lowest BCUT2D eigenvalue weighted by atomic mass is 10.2. The fourth-order valence-electron chi connectivity index (χ4n) is 2.70. The Hall–Kier alpha value is -1.74. The lowest BCUT2D eigenvalue weighted by Crippen LogP contribution is -2.31. The van der Waals surface area contributed by atoms with E-state index in [-0.39, 0.29) is 23.8 Å². The molecule has 1 unspecified atom stereocenters. The zero-order chi connectivity index (χ0) is 17.5. The lowest BCUT2D eigenvalue weighted by Gasteiger charge is -2.20. The van der Waals surface area contributed by atoms with Crippen LogP contribution in [0.3, 0.4) is 0 Å². The first-order valence-corrected chi connectivity index (χ1v) is 9.70. The molecule has 1 atom stereocenters. The van der Waals surface area contributed by atoms with Crippen molar-refractivity contribution in [3.63, 3.8) is 0 Å². The van der Waals surface area contributed by atoms with E-state index in [4.69, 9.17) is 0 Å². The molecule has 2 heterocycles. The first-order chi connectivity index (χ1) is 11.3. The molecule has 8 heteroatoms. The normalized spacial score (nSPS) is 15.8. The molecule has 3 rings (SSSR count). The molecule has 0 aliphatic carbocycles. The Kier molecular flexibility index (Phi) is 4.48. The van der Waals surface area contributed by atoms with Crippen LogP contribution in [0.5, 0.6) is 0 Å². The smallest absolute Gasteiger partial charge is 0.242 e. The number of carbonyl (C=O) groups is 1. The fraction of sp³-hybridized carbons (Fsp3) is 0.312. The molecule has 1 amide bonds. The van der Waals surface area contributed by atoms with Crippen LogP contribution < -0.4 is 4.90 Å². The SMILES string of the molecule is CN1C(=O)Cc2cc(S(=O)(=O)N(C)CC(O)c3cccs3)ccc21. The molecule has 1 aromatic carbocycles. The summed E-state index contributed by atoms with van der Waals surface area (Å²) in [4.78, 5) is 14.1. The number of aliphatic hydroxyl groups is 1. The van der Waals surface area contributed by atoms with E-state index in [2.05, 4.69) is 0 Å². The number of sulfonamides is 1. The average Bonchev–Trinajstić information content (AvgIpc) is 3.16. The molecular formula is C16H18N2O4S2. The highest BCUT2D eigenvalue weighted by Crippen LogP contribution is 2.31. The quantitative estimate of drug-likeness (QED) is 0.872. The third kappa shape index (κ3) is 2.98. The maximum atomic E-state index is 12.7. The summed E-state index contributed by atoms with van der Waals surface area (Å²) in [5.41, 5.74) is 1.44. The Morgan fingerprint density at radius 2 is 2.12 bits per heavy atom. The Balaban J connectivity index is 1.83. The first-order valence-electron chi connectivity index (χ1n) is 7.38. The predicted octanol–water partition coefficient (Wildman–Crippen LogP) is 1.62. The number of aliphatic hydroxyl groups excluding tert-OH is 1. The summed E-state index contributed by atoms with van der Waals surface area (Å²) in [7, 11) is -0.620. The summed E-state index contributed by atoms with van der Waals surface area (Å²) in [6.07, 6.45) is -0.664. The van der Waals surface area contributed by atoms with Gasteiger partial charge in [0.1, 0.15) is 6.10 Å². The van der Waals surface area contributed by atoms with Crippen molar-refractivity contribution in [2.75, 3.05) is 25.5 Å². The minimum Gasteiger partial charge on any atom is -0.386 e. The molecule has 0 radical (unpaired) electrons. The van der Waals surface area contributed by atoms with Gasteiger partial charge in [-0.2, -0.15) is 4.31 Å². The Morgan fingerprint density at radius 1 is 1.38 bits per heavy atom. The molecule has 2 aromatic rings. The minimum absolute atomic E-state index is 0.0290. The molecule has 1 aromatic heterocycles. The molecule has 1 aliphatic heterocycles. The number of thiophene rings is 1. The van der Waals surface area contributed by atoms with Gasteiger partial charge in [-0.05, 0) is 35.2 Å². The van der Waals surface area contributed by atoms with Crippen molar-refractivity contribution in [2.45, 2.75) is 17.4 Å². The van der Waals surface area contributed by atoms with Gasteiger partial charge in [-0.1, -0.05) is 6.07 Å². The number of fused-ring (bicyclic) bond motifs is 1. The molecule has 24 heavy (non-hydrogen) atoms. The summed E-state index contributed by atoms with van der Waals surface area (Å²) in [6, 6.07) is 8.27. The Bertz CT molecular complexity index is 862. The van der Waals surface area contributed by atoms with Gasteiger partial charge in [-0.25, -0.2) is 8.42 Å². The van der Waals surface area contributed by atoms with Gasteiger partial charge < -0.3 is 10.0 Å². The van der Waals surface area contributed by atoms with Crippen LogP contribution in [0.1, 0.15) is 16.5 Å². The van der Waals surface area contributed by atoms with E-state index in [0.717, 1.165) is 14.9 Å². The number of amides is 1. The van der Waals surface area contributed by atoms with Crippen LogP contribution in [0.15, 0.2) is 40.6 Å². The maximum Gasteiger partial charge on any atom is 0.242 e. The highest BCUT2D eigenvalue weighted by Gasteiger charge is 2.29. The summed E-state index contributed by atoms with van der Waals surface area (Å²) in [5, 5.41) is 12.0. The number of hydrogen-bond donors (Lipinski definition) is 1. The Labute approximate surface area is 145 Å². The number of rotatable bonds is 5. The number of hydrogen-bond acceptors (Lipinski definition) is 5. The second-order valence-electron chi connectivity index (χ2n) is 5.74. The van der Waals surface area contributed by atoms with Gasteiger partial charge in [-0.15, -0.1) is 11.3 Å². The van der Waals surface area contributed by atoms with Crippen molar-refractivity contribution in [1.82, 2.24) is 4.31 Å². The van der Waals surface area contributed by atoms with E-state index < -0.39 is 16.1 Å². The summed E-state index contributed by atoms with van der Waals surface area (Å²) in [5.74, 6) is -0.0546. The molecule has 1 N–H and O–H groups in total. The molecule has 128 valence electrons. The molecule has 6 nitrogen and oxygen atoms in total. The predicted molar refractivity (Wildman–Crippen MR) is 92.7 cm³/mol. The van der Waals surface area contributed by atoms with Crippen LogP contribution in [0.4, 0.5) is 5.69 Å². The van der Waals surface area contributed by atoms with Crippen LogP contribution in [-0.4, -0.2) is 44.4 Å². The average molecular weight is 366 g/mol. The zero-order valence-electron chi connectivity index (χ0n) is 13.3. The molecule has 0 bridgehead atoms. The summed E-state index contributed by atoms with van der Waals surface area (Å²) in [6.45, 7) is -0.0290. The van der Waals surface area contributed by atoms with E-state index in [1.807, 2.05) is 11.4 Å². The third-order valence-electron chi connectivity index (χ3n) is 4.14.